The summed E-state index contributed by atoms with van der Waals surface area (Å²) in [6, 6.07) is 0. The van der Waals surface area contributed by atoms with Gasteiger partial charge in [-0.2, -0.15) is 32.7 Å². The number of nitrogens with zero attached hydrogens (tertiary/aromatic N) is 4. The molecule has 0 aliphatic carbocycles. The summed E-state index contributed by atoms with van der Waals surface area (Å²) in [5.41, 5.74) is 2.93. The van der Waals surface area contributed by atoms with E-state index in [9.17, 15) is 17.6 Å². The first kappa shape index (κ1) is 14.9. The summed E-state index contributed by atoms with van der Waals surface area (Å²) in [7, 11) is 1.72. The molecule has 2 aromatic heterocycles. The molecule has 2 aromatic rings. The lowest BCUT2D eigenvalue weighted by Gasteiger charge is -2.04. The van der Waals surface area contributed by atoms with Gasteiger partial charge in [-0.25, -0.2) is 0 Å². The van der Waals surface area contributed by atoms with Crippen molar-refractivity contribution in [3.63, 3.8) is 0 Å². The van der Waals surface area contributed by atoms with Crippen LogP contribution in [-0.2, 0) is 7.05 Å². The van der Waals surface area contributed by atoms with Gasteiger partial charge in [0.1, 0.15) is 5.69 Å². The van der Waals surface area contributed by atoms with Gasteiger partial charge in [-0.3, -0.25) is 10.1 Å². The molecule has 0 unspecified atom stereocenters. The molecule has 0 fully saturated rings. The standard InChI is InChI=1S/C12H11F4N5/c1-5-7(6(2)21(3)20-5)4-17-19-10-8(13)11(15)18-12(16)9(10)14/h4H,1-3H3,(H,18,19)/b17-4-. The van der Waals surface area contributed by atoms with E-state index in [0.717, 1.165) is 5.69 Å². The third-order valence-electron chi connectivity index (χ3n) is 2.93. The fourth-order valence-corrected chi connectivity index (χ4v) is 1.72. The first-order valence-electron chi connectivity index (χ1n) is 5.82. The van der Waals surface area contributed by atoms with Crippen molar-refractivity contribution < 1.29 is 17.6 Å². The number of anilines is 1. The van der Waals surface area contributed by atoms with E-state index >= 15 is 0 Å². The van der Waals surface area contributed by atoms with Gasteiger partial charge in [-0.15, -0.1) is 0 Å². The van der Waals surface area contributed by atoms with Gasteiger partial charge < -0.3 is 0 Å². The fourth-order valence-electron chi connectivity index (χ4n) is 1.72. The Balaban J connectivity index is 2.30. The van der Waals surface area contributed by atoms with Gasteiger partial charge in [0.15, 0.2) is 0 Å². The average molecular weight is 301 g/mol. The molecule has 21 heavy (non-hydrogen) atoms. The van der Waals surface area contributed by atoms with Crippen LogP contribution in [0.2, 0.25) is 0 Å². The number of hydrazone groups is 1. The highest BCUT2D eigenvalue weighted by Gasteiger charge is 2.20. The normalized spacial score (nSPS) is 11.4. The molecule has 2 rings (SSSR count). The molecule has 0 bridgehead atoms. The Labute approximate surface area is 117 Å². The number of hydrogen-bond donors (Lipinski definition) is 1. The Hall–Kier alpha value is -2.45. The van der Waals surface area contributed by atoms with Crippen LogP contribution in [0.5, 0.6) is 0 Å². The first-order valence-corrected chi connectivity index (χ1v) is 5.82. The summed E-state index contributed by atoms with van der Waals surface area (Å²) in [6.45, 7) is 3.50. The largest absolute Gasteiger partial charge is 0.272 e. The van der Waals surface area contributed by atoms with E-state index in [4.69, 9.17) is 0 Å². The minimum Gasteiger partial charge on any atom is -0.272 e. The monoisotopic (exact) mass is 301 g/mol. The summed E-state index contributed by atoms with van der Waals surface area (Å²) < 4.78 is 54.1. The lowest BCUT2D eigenvalue weighted by molar-refractivity contribution is 0.411. The molecule has 9 heteroatoms. The van der Waals surface area contributed by atoms with E-state index in [1.165, 1.54) is 6.21 Å². The van der Waals surface area contributed by atoms with Crippen LogP contribution >= 0.6 is 0 Å². The minimum absolute atomic E-state index is 0.626. The number of aryl methyl sites for hydroxylation is 2. The number of nitrogens with one attached hydrogen (secondary N) is 1. The molecule has 0 spiro atoms. The van der Waals surface area contributed by atoms with Crippen LogP contribution in [0.15, 0.2) is 5.10 Å². The van der Waals surface area contributed by atoms with Gasteiger partial charge in [-0.1, -0.05) is 0 Å². The number of hydrogen-bond acceptors (Lipinski definition) is 4. The molecule has 0 atom stereocenters. The lowest BCUT2D eigenvalue weighted by atomic mass is 10.2. The molecule has 0 aromatic carbocycles. The zero-order valence-electron chi connectivity index (χ0n) is 11.4. The summed E-state index contributed by atoms with van der Waals surface area (Å²) >= 11 is 0. The van der Waals surface area contributed by atoms with Crippen LogP contribution in [0.4, 0.5) is 23.2 Å². The summed E-state index contributed by atoms with van der Waals surface area (Å²) in [6.07, 6.45) is 1.26. The van der Waals surface area contributed by atoms with Gasteiger partial charge in [0.25, 0.3) is 11.9 Å². The summed E-state index contributed by atoms with van der Waals surface area (Å²) in [4.78, 5) is 2.44. The third-order valence-corrected chi connectivity index (χ3v) is 2.93. The van der Waals surface area contributed by atoms with Crippen molar-refractivity contribution >= 4 is 11.9 Å². The Morgan fingerprint density at radius 2 is 1.67 bits per heavy atom. The second-order valence-electron chi connectivity index (χ2n) is 4.27. The number of aromatic nitrogens is 3. The van der Waals surface area contributed by atoms with Crippen LogP contribution in [-0.4, -0.2) is 21.0 Å². The van der Waals surface area contributed by atoms with Crippen LogP contribution in [0.3, 0.4) is 0 Å². The quantitative estimate of drug-likeness (QED) is 0.410. The average Bonchev–Trinajstić information content (AvgIpc) is 2.66. The maximum Gasteiger partial charge on any atom is 0.254 e. The van der Waals surface area contributed by atoms with Crippen molar-refractivity contribution in [2.75, 3.05) is 5.43 Å². The van der Waals surface area contributed by atoms with E-state index < -0.39 is 29.2 Å². The Morgan fingerprint density at radius 3 is 2.14 bits per heavy atom. The van der Waals surface area contributed by atoms with Gasteiger partial charge >= 0.3 is 0 Å². The van der Waals surface area contributed by atoms with E-state index in [0.29, 0.717) is 11.3 Å². The molecule has 2 heterocycles. The number of halogens is 4. The second-order valence-corrected chi connectivity index (χ2v) is 4.27. The molecule has 0 aliphatic heterocycles. The van der Waals surface area contributed by atoms with Gasteiger partial charge in [0.05, 0.1) is 11.9 Å². The maximum atomic E-state index is 13.3. The predicted octanol–water partition coefficient (Wildman–Crippen LogP) is 2.43. The van der Waals surface area contributed by atoms with Crippen molar-refractivity contribution in [2.24, 2.45) is 12.1 Å². The van der Waals surface area contributed by atoms with E-state index in [1.54, 1.807) is 25.6 Å². The smallest absolute Gasteiger partial charge is 0.254 e. The van der Waals surface area contributed by atoms with E-state index in [2.05, 4.69) is 15.2 Å². The van der Waals surface area contributed by atoms with E-state index in [-0.39, 0.29) is 0 Å². The van der Waals surface area contributed by atoms with Crippen molar-refractivity contribution in [3.05, 3.63) is 40.5 Å². The molecule has 112 valence electrons. The molecule has 0 amide bonds. The molecule has 0 aliphatic rings. The molecule has 0 saturated heterocycles. The highest BCUT2D eigenvalue weighted by Crippen LogP contribution is 2.22. The second kappa shape index (κ2) is 5.51. The van der Waals surface area contributed by atoms with Crippen molar-refractivity contribution in [1.29, 1.82) is 0 Å². The molecular weight excluding hydrogens is 290 g/mol. The van der Waals surface area contributed by atoms with Crippen LogP contribution < -0.4 is 5.43 Å². The Bertz CT molecular complexity index is 697. The van der Waals surface area contributed by atoms with Gasteiger partial charge in [0.2, 0.25) is 11.6 Å². The molecule has 1 N–H and O–H groups in total. The Morgan fingerprint density at radius 1 is 1.10 bits per heavy atom. The molecule has 0 radical (unpaired) electrons. The molecular formula is C12H11F4N5. The topological polar surface area (TPSA) is 55.1 Å². The summed E-state index contributed by atoms with van der Waals surface area (Å²) in [5, 5.41) is 7.70. The van der Waals surface area contributed by atoms with Gasteiger partial charge in [0, 0.05) is 18.3 Å². The first-order chi connectivity index (χ1) is 9.82. The fraction of sp³-hybridized carbons (Fsp3) is 0.250. The van der Waals surface area contributed by atoms with Crippen molar-refractivity contribution in [3.8, 4) is 0 Å². The lowest BCUT2D eigenvalue weighted by Crippen LogP contribution is -2.06. The third kappa shape index (κ3) is 2.71. The van der Waals surface area contributed by atoms with Gasteiger partial charge in [-0.05, 0) is 13.8 Å². The number of rotatable bonds is 3. The Kier molecular flexibility index (Phi) is 3.92. The maximum absolute atomic E-state index is 13.3. The minimum atomic E-state index is -1.75. The zero-order chi connectivity index (χ0) is 15.7. The van der Waals surface area contributed by atoms with Crippen molar-refractivity contribution in [2.45, 2.75) is 13.8 Å². The highest BCUT2D eigenvalue weighted by molar-refractivity contribution is 5.83. The van der Waals surface area contributed by atoms with Crippen LogP contribution in [0, 0.1) is 37.4 Å². The number of pyridine rings is 1. The zero-order valence-corrected chi connectivity index (χ0v) is 11.4. The molecule has 5 nitrogen and oxygen atoms in total. The predicted molar refractivity (Wildman–Crippen MR) is 68.0 cm³/mol. The van der Waals surface area contributed by atoms with Crippen LogP contribution in [0.1, 0.15) is 17.0 Å². The highest BCUT2D eigenvalue weighted by atomic mass is 19.2. The molecule has 0 saturated carbocycles. The van der Waals surface area contributed by atoms with Crippen LogP contribution in [0.25, 0.3) is 0 Å². The summed E-state index contributed by atoms with van der Waals surface area (Å²) in [5.74, 6) is -6.79. The SMILES string of the molecule is Cc1nn(C)c(C)c1/C=N\Nc1c(F)c(F)nc(F)c1F. The van der Waals surface area contributed by atoms with E-state index in [1.807, 2.05) is 5.43 Å². The van der Waals surface area contributed by atoms with Crippen molar-refractivity contribution in [1.82, 2.24) is 14.8 Å².